The van der Waals surface area contributed by atoms with Crippen LogP contribution in [0.2, 0.25) is 0 Å². The van der Waals surface area contributed by atoms with Crippen LogP contribution in [0, 0.1) is 11.6 Å². The van der Waals surface area contributed by atoms with Crippen LogP contribution in [0.1, 0.15) is 32.3 Å². The zero-order chi connectivity index (χ0) is 10.9. The van der Waals surface area contributed by atoms with Gasteiger partial charge in [0.15, 0.2) is 0 Å². The molecule has 0 saturated carbocycles. The average Bonchev–Trinajstić information content (AvgIpc) is 2.01. The summed E-state index contributed by atoms with van der Waals surface area (Å²) >= 11 is 0. The highest BCUT2D eigenvalue weighted by Crippen LogP contribution is 2.27. The van der Waals surface area contributed by atoms with E-state index in [4.69, 9.17) is 5.73 Å². The molecular weight excluding hydrogens is 184 g/mol. The van der Waals surface area contributed by atoms with Crippen LogP contribution in [0.5, 0.6) is 0 Å². The van der Waals surface area contributed by atoms with E-state index >= 15 is 0 Å². The van der Waals surface area contributed by atoms with Crippen molar-refractivity contribution < 1.29 is 8.78 Å². The van der Waals surface area contributed by atoms with Gasteiger partial charge in [0.25, 0.3) is 0 Å². The van der Waals surface area contributed by atoms with Crippen molar-refractivity contribution in [2.24, 2.45) is 5.73 Å². The molecule has 0 aliphatic heterocycles. The molecule has 78 valence electrons. The molecule has 0 spiro atoms. The van der Waals surface area contributed by atoms with Gasteiger partial charge in [-0.2, -0.15) is 0 Å². The lowest BCUT2D eigenvalue weighted by Gasteiger charge is -2.27. The molecule has 0 radical (unpaired) electrons. The van der Waals surface area contributed by atoms with Gasteiger partial charge < -0.3 is 5.73 Å². The minimum atomic E-state index is -0.562. The van der Waals surface area contributed by atoms with Crippen molar-refractivity contribution in [3.05, 3.63) is 35.4 Å². The minimum absolute atomic E-state index is 0.150. The largest absolute Gasteiger partial charge is 0.325 e. The molecule has 0 aromatic heterocycles. The van der Waals surface area contributed by atoms with E-state index in [1.807, 2.05) is 20.8 Å². The van der Waals surface area contributed by atoms with E-state index in [0.29, 0.717) is 5.56 Å². The number of hydrogen-bond donors (Lipinski definition) is 1. The Morgan fingerprint density at radius 3 is 2.29 bits per heavy atom. The Morgan fingerprint density at radius 1 is 1.29 bits per heavy atom. The summed E-state index contributed by atoms with van der Waals surface area (Å²) in [4.78, 5) is 0. The summed E-state index contributed by atoms with van der Waals surface area (Å²) in [6, 6.07) is 3.59. The molecule has 1 aromatic rings. The maximum Gasteiger partial charge on any atom is 0.129 e. The van der Waals surface area contributed by atoms with Crippen LogP contribution >= 0.6 is 0 Å². The fourth-order valence-electron chi connectivity index (χ4n) is 1.25. The fourth-order valence-corrected chi connectivity index (χ4v) is 1.25. The van der Waals surface area contributed by atoms with Crippen molar-refractivity contribution in [2.75, 3.05) is 0 Å². The third-order valence-electron chi connectivity index (χ3n) is 2.55. The van der Waals surface area contributed by atoms with Gasteiger partial charge >= 0.3 is 0 Å². The third kappa shape index (κ3) is 2.29. The zero-order valence-electron chi connectivity index (χ0n) is 8.64. The van der Waals surface area contributed by atoms with Crippen molar-refractivity contribution in [3.8, 4) is 0 Å². The number of nitrogens with two attached hydrogens (primary N) is 1. The van der Waals surface area contributed by atoms with E-state index in [9.17, 15) is 8.78 Å². The molecule has 1 rings (SSSR count). The SMILES string of the molecule is CC(c1ccc(F)cc1F)C(C)(C)N. The second-order valence-electron chi connectivity index (χ2n) is 4.21. The second-order valence-corrected chi connectivity index (χ2v) is 4.21. The highest BCUT2D eigenvalue weighted by Gasteiger charge is 2.24. The van der Waals surface area contributed by atoms with E-state index in [0.717, 1.165) is 6.07 Å². The topological polar surface area (TPSA) is 26.0 Å². The monoisotopic (exact) mass is 199 g/mol. The third-order valence-corrected chi connectivity index (χ3v) is 2.55. The first-order chi connectivity index (χ1) is 6.32. The average molecular weight is 199 g/mol. The Kier molecular flexibility index (Phi) is 2.90. The first-order valence-electron chi connectivity index (χ1n) is 4.56. The highest BCUT2D eigenvalue weighted by atomic mass is 19.1. The summed E-state index contributed by atoms with van der Waals surface area (Å²) in [6.07, 6.45) is 0. The molecule has 0 aliphatic carbocycles. The van der Waals surface area contributed by atoms with Gasteiger partial charge in [0.1, 0.15) is 11.6 Å². The van der Waals surface area contributed by atoms with Gasteiger partial charge in [0.05, 0.1) is 0 Å². The zero-order valence-corrected chi connectivity index (χ0v) is 8.64. The van der Waals surface area contributed by atoms with Crippen molar-refractivity contribution >= 4 is 0 Å². The van der Waals surface area contributed by atoms with Gasteiger partial charge in [-0.3, -0.25) is 0 Å². The quantitative estimate of drug-likeness (QED) is 0.778. The first kappa shape index (κ1) is 11.1. The Bertz CT molecular complexity index is 329. The molecule has 0 saturated heterocycles. The number of rotatable bonds is 2. The molecule has 2 N–H and O–H groups in total. The standard InChI is InChI=1S/C11H15F2N/c1-7(11(2,3)14)9-5-4-8(12)6-10(9)13/h4-7H,14H2,1-3H3. The van der Waals surface area contributed by atoms with Gasteiger partial charge in [0.2, 0.25) is 0 Å². The lowest BCUT2D eigenvalue weighted by molar-refractivity contribution is 0.419. The molecule has 1 aromatic carbocycles. The molecule has 0 bridgehead atoms. The van der Waals surface area contributed by atoms with Crippen molar-refractivity contribution in [1.82, 2.24) is 0 Å². The van der Waals surface area contributed by atoms with Crippen LogP contribution < -0.4 is 5.73 Å². The molecule has 3 heteroatoms. The van der Waals surface area contributed by atoms with Gasteiger partial charge in [0, 0.05) is 17.5 Å². The van der Waals surface area contributed by atoms with E-state index in [-0.39, 0.29) is 5.92 Å². The molecule has 1 unspecified atom stereocenters. The Morgan fingerprint density at radius 2 is 1.86 bits per heavy atom. The molecule has 0 fully saturated rings. The van der Waals surface area contributed by atoms with Gasteiger partial charge in [-0.1, -0.05) is 13.0 Å². The molecule has 1 nitrogen and oxygen atoms in total. The van der Waals surface area contributed by atoms with Crippen LogP contribution in [0.15, 0.2) is 18.2 Å². The van der Waals surface area contributed by atoms with Crippen molar-refractivity contribution in [3.63, 3.8) is 0 Å². The summed E-state index contributed by atoms with van der Waals surface area (Å²) in [5.74, 6) is -1.24. The molecule has 1 atom stereocenters. The van der Waals surface area contributed by atoms with Crippen LogP contribution in [0.4, 0.5) is 8.78 Å². The van der Waals surface area contributed by atoms with Gasteiger partial charge in [-0.15, -0.1) is 0 Å². The summed E-state index contributed by atoms with van der Waals surface area (Å²) in [5, 5.41) is 0. The summed E-state index contributed by atoms with van der Waals surface area (Å²) < 4.78 is 26.0. The molecule has 0 amide bonds. The highest BCUT2D eigenvalue weighted by molar-refractivity contribution is 5.24. The Balaban J connectivity index is 3.08. The van der Waals surface area contributed by atoms with Crippen LogP contribution in [0.25, 0.3) is 0 Å². The lowest BCUT2D eigenvalue weighted by Crippen LogP contribution is -2.38. The van der Waals surface area contributed by atoms with E-state index in [1.54, 1.807) is 0 Å². The minimum Gasteiger partial charge on any atom is -0.325 e. The van der Waals surface area contributed by atoms with Crippen LogP contribution in [-0.4, -0.2) is 5.54 Å². The predicted octanol–water partition coefficient (Wildman–Crippen LogP) is 2.81. The summed E-state index contributed by atoms with van der Waals surface area (Å²) in [7, 11) is 0. The Labute approximate surface area is 82.9 Å². The predicted molar refractivity (Wildman–Crippen MR) is 53.0 cm³/mol. The second kappa shape index (κ2) is 3.65. The maximum absolute atomic E-state index is 13.3. The van der Waals surface area contributed by atoms with Crippen LogP contribution in [-0.2, 0) is 0 Å². The molecule has 0 aliphatic rings. The number of benzene rings is 1. The first-order valence-corrected chi connectivity index (χ1v) is 4.56. The van der Waals surface area contributed by atoms with Crippen LogP contribution in [0.3, 0.4) is 0 Å². The molecule has 14 heavy (non-hydrogen) atoms. The number of hydrogen-bond acceptors (Lipinski definition) is 1. The lowest BCUT2D eigenvalue weighted by atomic mass is 9.84. The summed E-state index contributed by atoms with van der Waals surface area (Å²) in [6.45, 7) is 5.47. The van der Waals surface area contributed by atoms with Gasteiger partial charge in [-0.25, -0.2) is 8.78 Å². The van der Waals surface area contributed by atoms with E-state index in [1.165, 1.54) is 12.1 Å². The molecule has 0 heterocycles. The fraction of sp³-hybridized carbons (Fsp3) is 0.455. The summed E-state index contributed by atoms with van der Waals surface area (Å²) in [5.41, 5.74) is 5.80. The molecular formula is C11H15F2N. The number of halogens is 2. The van der Waals surface area contributed by atoms with E-state index < -0.39 is 17.2 Å². The normalized spacial score (nSPS) is 14.1. The Hall–Kier alpha value is -0.960. The smallest absolute Gasteiger partial charge is 0.129 e. The maximum atomic E-state index is 13.3. The van der Waals surface area contributed by atoms with Gasteiger partial charge in [-0.05, 0) is 25.5 Å². The van der Waals surface area contributed by atoms with Crippen molar-refractivity contribution in [1.29, 1.82) is 0 Å². The van der Waals surface area contributed by atoms with Crippen molar-refractivity contribution in [2.45, 2.75) is 32.2 Å². The van der Waals surface area contributed by atoms with E-state index in [2.05, 4.69) is 0 Å².